The van der Waals surface area contributed by atoms with E-state index in [-0.39, 0.29) is 17.8 Å². The second kappa shape index (κ2) is 9.08. The number of hydrogen-bond donors (Lipinski definition) is 1. The number of para-hydroxylation sites is 2. The van der Waals surface area contributed by atoms with Crippen molar-refractivity contribution in [2.24, 2.45) is 0 Å². The summed E-state index contributed by atoms with van der Waals surface area (Å²) in [6.07, 6.45) is 4.79. The summed E-state index contributed by atoms with van der Waals surface area (Å²) in [4.78, 5) is 12.5. The van der Waals surface area contributed by atoms with Crippen molar-refractivity contribution in [2.75, 3.05) is 17.7 Å². The van der Waals surface area contributed by atoms with Crippen LogP contribution in [0.5, 0.6) is 11.5 Å². The molecule has 2 heterocycles. The molecule has 3 aromatic rings. The summed E-state index contributed by atoms with van der Waals surface area (Å²) >= 11 is 1.34. The molecule has 0 radical (unpaired) electrons. The summed E-state index contributed by atoms with van der Waals surface area (Å²) in [7, 11) is 0. The molecule has 1 aliphatic carbocycles. The van der Waals surface area contributed by atoms with Crippen LogP contribution in [0.25, 0.3) is 0 Å². The number of amides is 1. The number of hydrogen-bond acceptors (Lipinski definition) is 6. The van der Waals surface area contributed by atoms with E-state index in [0.717, 1.165) is 24.3 Å². The number of thioether (sulfide) groups is 1. The van der Waals surface area contributed by atoms with E-state index in [0.29, 0.717) is 29.9 Å². The summed E-state index contributed by atoms with van der Waals surface area (Å²) in [5, 5.41) is 12.3. The molecule has 0 spiro atoms. The van der Waals surface area contributed by atoms with Crippen LogP contribution in [0.3, 0.4) is 0 Å². The lowest BCUT2D eigenvalue weighted by Gasteiger charge is -2.26. The van der Waals surface area contributed by atoms with Crippen molar-refractivity contribution in [1.29, 1.82) is 0 Å². The smallest absolute Gasteiger partial charge is 0.234 e. The predicted octanol–water partition coefficient (Wildman–Crippen LogP) is 4.20. The van der Waals surface area contributed by atoms with Gasteiger partial charge in [-0.05, 0) is 54.7 Å². The maximum Gasteiger partial charge on any atom is 0.234 e. The average Bonchev–Trinajstić information content (AvgIpc) is 3.44. The highest BCUT2D eigenvalue weighted by atomic mass is 32.2. The molecule has 1 atom stereocenters. The van der Waals surface area contributed by atoms with Crippen molar-refractivity contribution in [1.82, 2.24) is 14.8 Å². The Morgan fingerprint density at radius 3 is 2.91 bits per heavy atom. The first-order valence-electron chi connectivity index (χ1n) is 10.7. The molecule has 7 nitrogen and oxygen atoms in total. The molecule has 0 unspecified atom stereocenters. The number of nitrogens with zero attached hydrogens (tertiary/aromatic N) is 3. The number of ether oxygens (including phenoxy) is 2. The Morgan fingerprint density at radius 1 is 1.19 bits per heavy atom. The van der Waals surface area contributed by atoms with Crippen molar-refractivity contribution >= 4 is 23.4 Å². The van der Waals surface area contributed by atoms with Gasteiger partial charge in [0, 0.05) is 12.2 Å². The van der Waals surface area contributed by atoms with Gasteiger partial charge in [-0.25, -0.2) is 0 Å². The third-order valence-electron chi connectivity index (χ3n) is 5.57. The van der Waals surface area contributed by atoms with Crippen molar-refractivity contribution in [2.45, 2.75) is 37.1 Å². The SMILES string of the molecule is C=CCn1c(SCC(=O)Nc2ccc3c(c2)CCC3)nnc1[C@@H]1COc2ccccc2O1. The fourth-order valence-corrected chi connectivity index (χ4v) is 4.82. The van der Waals surface area contributed by atoms with E-state index < -0.39 is 0 Å². The molecule has 1 amide bonds. The van der Waals surface area contributed by atoms with Gasteiger partial charge < -0.3 is 14.8 Å². The van der Waals surface area contributed by atoms with E-state index in [1.54, 1.807) is 6.08 Å². The Hall–Kier alpha value is -3.26. The second-order valence-electron chi connectivity index (χ2n) is 7.78. The van der Waals surface area contributed by atoms with Gasteiger partial charge in [-0.2, -0.15) is 0 Å². The predicted molar refractivity (Wildman–Crippen MR) is 123 cm³/mol. The van der Waals surface area contributed by atoms with E-state index in [9.17, 15) is 4.79 Å². The summed E-state index contributed by atoms with van der Waals surface area (Å²) in [6, 6.07) is 13.7. The summed E-state index contributed by atoms with van der Waals surface area (Å²) < 4.78 is 13.8. The van der Waals surface area contributed by atoms with Gasteiger partial charge in [-0.3, -0.25) is 9.36 Å². The van der Waals surface area contributed by atoms with Crippen LogP contribution in [0.15, 0.2) is 60.3 Å². The molecule has 5 rings (SSSR count). The Bertz CT molecular complexity index is 1160. The molecule has 8 heteroatoms. The first kappa shape index (κ1) is 20.6. The first-order chi connectivity index (χ1) is 15.7. The van der Waals surface area contributed by atoms with Gasteiger partial charge in [0.2, 0.25) is 5.91 Å². The highest BCUT2D eigenvalue weighted by Gasteiger charge is 2.28. The van der Waals surface area contributed by atoms with Gasteiger partial charge in [-0.15, -0.1) is 16.8 Å². The number of benzene rings is 2. The van der Waals surface area contributed by atoms with Crippen LogP contribution < -0.4 is 14.8 Å². The molecule has 0 saturated heterocycles. The van der Waals surface area contributed by atoms with Crippen LogP contribution in [0.2, 0.25) is 0 Å². The van der Waals surface area contributed by atoms with Crippen molar-refractivity contribution < 1.29 is 14.3 Å². The lowest BCUT2D eigenvalue weighted by molar-refractivity contribution is -0.113. The van der Waals surface area contributed by atoms with Gasteiger partial charge >= 0.3 is 0 Å². The number of allylic oxidation sites excluding steroid dienone is 1. The maximum absolute atomic E-state index is 12.5. The lowest BCUT2D eigenvalue weighted by atomic mass is 10.1. The molecule has 2 aromatic carbocycles. The normalized spacial score (nSPS) is 16.4. The van der Waals surface area contributed by atoms with Gasteiger partial charge in [0.15, 0.2) is 28.6 Å². The topological polar surface area (TPSA) is 78.3 Å². The minimum Gasteiger partial charge on any atom is -0.485 e. The van der Waals surface area contributed by atoms with E-state index in [2.05, 4.69) is 34.2 Å². The van der Waals surface area contributed by atoms with Crippen LogP contribution in [0.1, 0.15) is 29.5 Å². The molecule has 1 aromatic heterocycles. The fourth-order valence-electron chi connectivity index (χ4n) is 4.07. The largest absolute Gasteiger partial charge is 0.485 e. The summed E-state index contributed by atoms with van der Waals surface area (Å²) in [5.74, 6) is 2.21. The Morgan fingerprint density at radius 2 is 2.03 bits per heavy atom. The van der Waals surface area contributed by atoms with E-state index >= 15 is 0 Å². The van der Waals surface area contributed by atoms with Gasteiger partial charge in [0.25, 0.3) is 0 Å². The summed E-state index contributed by atoms with van der Waals surface area (Å²) in [5.41, 5.74) is 3.57. The fraction of sp³-hybridized carbons (Fsp3) is 0.292. The number of carbonyl (C=O) groups is 1. The zero-order valence-corrected chi connectivity index (χ0v) is 18.4. The third-order valence-corrected chi connectivity index (χ3v) is 6.54. The number of rotatable bonds is 7. The van der Waals surface area contributed by atoms with Gasteiger partial charge in [0.05, 0.1) is 5.75 Å². The first-order valence-corrected chi connectivity index (χ1v) is 11.7. The molecular weight excluding hydrogens is 424 g/mol. The molecule has 1 aliphatic heterocycles. The number of aryl methyl sites for hydroxylation is 2. The standard InChI is InChI=1S/C24H24N4O3S/c1-2-12-28-23(21-14-30-19-8-3-4-9-20(19)31-21)26-27-24(28)32-15-22(29)25-18-11-10-16-6-5-7-17(16)13-18/h2-4,8-11,13,21H,1,5-7,12,14-15H2,(H,25,29)/t21-/m0/s1. The molecular formula is C24H24N4O3S. The molecule has 0 fully saturated rings. The highest BCUT2D eigenvalue weighted by Crippen LogP contribution is 2.36. The van der Waals surface area contributed by atoms with Crippen molar-refractivity contribution in [3.8, 4) is 11.5 Å². The van der Waals surface area contributed by atoms with Crippen LogP contribution >= 0.6 is 11.8 Å². The summed E-state index contributed by atoms with van der Waals surface area (Å²) in [6.45, 7) is 4.70. The second-order valence-corrected chi connectivity index (χ2v) is 8.72. The highest BCUT2D eigenvalue weighted by molar-refractivity contribution is 7.99. The Labute approximate surface area is 190 Å². The Kier molecular flexibility index (Phi) is 5.85. The Balaban J connectivity index is 1.26. The molecule has 164 valence electrons. The lowest BCUT2D eigenvalue weighted by Crippen LogP contribution is -2.25. The third kappa shape index (κ3) is 4.23. The van der Waals surface area contributed by atoms with E-state index in [1.165, 1.54) is 29.3 Å². The molecule has 0 saturated carbocycles. The van der Waals surface area contributed by atoms with Crippen molar-refractivity contribution in [3.05, 3.63) is 72.1 Å². The quantitative estimate of drug-likeness (QED) is 0.431. The van der Waals surface area contributed by atoms with Crippen LogP contribution in [0, 0.1) is 0 Å². The van der Waals surface area contributed by atoms with Crippen LogP contribution in [-0.4, -0.2) is 33.0 Å². The number of aromatic nitrogens is 3. The number of anilines is 1. The molecule has 32 heavy (non-hydrogen) atoms. The minimum absolute atomic E-state index is 0.0752. The van der Waals surface area contributed by atoms with E-state index in [1.807, 2.05) is 34.9 Å². The van der Waals surface area contributed by atoms with Crippen molar-refractivity contribution in [3.63, 3.8) is 0 Å². The zero-order valence-electron chi connectivity index (χ0n) is 17.6. The number of fused-ring (bicyclic) bond motifs is 2. The minimum atomic E-state index is -0.382. The van der Waals surface area contributed by atoms with Gasteiger partial charge in [-0.1, -0.05) is 36.0 Å². The number of carbonyl (C=O) groups excluding carboxylic acids is 1. The molecule has 1 N–H and O–H groups in total. The monoisotopic (exact) mass is 448 g/mol. The maximum atomic E-state index is 12.5. The van der Waals surface area contributed by atoms with Gasteiger partial charge in [0.1, 0.15) is 6.61 Å². The van der Waals surface area contributed by atoms with E-state index in [4.69, 9.17) is 9.47 Å². The average molecular weight is 449 g/mol. The number of nitrogens with one attached hydrogen (secondary N) is 1. The van der Waals surface area contributed by atoms with Crippen LogP contribution in [0.4, 0.5) is 5.69 Å². The molecule has 0 bridgehead atoms. The van der Waals surface area contributed by atoms with Crippen LogP contribution in [-0.2, 0) is 24.2 Å². The molecule has 2 aliphatic rings. The zero-order chi connectivity index (χ0) is 21.9.